The third-order valence-corrected chi connectivity index (χ3v) is 5.13. The van der Waals surface area contributed by atoms with Crippen molar-refractivity contribution in [2.75, 3.05) is 13.1 Å². The Kier molecular flexibility index (Phi) is 4.34. The van der Waals surface area contributed by atoms with Crippen molar-refractivity contribution in [1.82, 2.24) is 9.88 Å². The Labute approximate surface area is 155 Å². The molecule has 3 heterocycles. The summed E-state index contributed by atoms with van der Waals surface area (Å²) < 4.78 is 6.67. The number of pyridine rings is 1. The lowest BCUT2D eigenvalue weighted by molar-refractivity contribution is 0.0726. The number of amides is 1. The molecule has 128 valence electrons. The van der Waals surface area contributed by atoms with E-state index in [2.05, 4.69) is 15.9 Å². The molecule has 25 heavy (non-hydrogen) atoms. The number of hydrogen-bond donors (Lipinski definition) is 0. The van der Waals surface area contributed by atoms with Crippen LogP contribution in [0.2, 0.25) is 0 Å². The van der Waals surface area contributed by atoms with E-state index in [1.54, 1.807) is 0 Å². The lowest BCUT2D eigenvalue weighted by Gasteiger charge is -2.27. The molecule has 1 saturated heterocycles. The number of rotatable bonds is 2. The number of benzene rings is 1. The van der Waals surface area contributed by atoms with E-state index in [0.29, 0.717) is 17.0 Å². The second kappa shape index (κ2) is 6.64. The molecule has 1 aromatic carbocycles. The smallest absolute Gasteiger partial charge is 0.254 e. The predicted molar refractivity (Wildman–Crippen MR) is 102 cm³/mol. The van der Waals surface area contributed by atoms with Gasteiger partial charge in [-0.05, 0) is 62.6 Å². The maximum absolute atomic E-state index is 13.2. The van der Waals surface area contributed by atoms with E-state index in [0.717, 1.165) is 47.1 Å². The maximum atomic E-state index is 13.2. The van der Waals surface area contributed by atoms with Gasteiger partial charge in [0, 0.05) is 22.9 Å². The first-order valence-corrected chi connectivity index (χ1v) is 9.37. The third-order valence-electron chi connectivity index (χ3n) is 4.64. The summed E-state index contributed by atoms with van der Waals surface area (Å²) in [5.41, 5.74) is 2.19. The van der Waals surface area contributed by atoms with Crippen molar-refractivity contribution in [1.29, 1.82) is 0 Å². The minimum absolute atomic E-state index is 0.0785. The Morgan fingerprint density at radius 2 is 1.92 bits per heavy atom. The van der Waals surface area contributed by atoms with Crippen LogP contribution in [0.25, 0.3) is 22.4 Å². The SMILES string of the molecule is Cc1ccc(-c2cc(C(=O)N3CCCCC3)c3cc(Br)ccc3n2)o1. The fourth-order valence-electron chi connectivity index (χ4n) is 3.34. The maximum Gasteiger partial charge on any atom is 0.254 e. The van der Waals surface area contributed by atoms with E-state index < -0.39 is 0 Å². The van der Waals surface area contributed by atoms with Crippen molar-refractivity contribution in [3.05, 3.63) is 52.2 Å². The van der Waals surface area contributed by atoms with Gasteiger partial charge in [-0.15, -0.1) is 0 Å². The van der Waals surface area contributed by atoms with Gasteiger partial charge in [0.1, 0.15) is 11.5 Å². The van der Waals surface area contributed by atoms with Crippen LogP contribution in [0, 0.1) is 6.92 Å². The van der Waals surface area contributed by atoms with Gasteiger partial charge < -0.3 is 9.32 Å². The highest BCUT2D eigenvalue weighted by atomic mass is 79.9. The topological polar surface area (TPSA) is 46.3 Å². The van der Waals surface area contributed by atoms with Crippen LogP contribution >= 0.6 is 15.9 Å². The van der Waals surface area contributed by atoms with Crippen molar-refractivity contribution in [2.24, 2.45) is 0 Å². The molecule has 5 heteroatoms. The Balaban J connectivity index is 1.87. The minimum Gasteiger partial charge on any atom is -0.460 e. The molecule has 4 rings (SSSR count). The summed E-state index contributed by atoms with van der Waals surface area (Å²) in [5, 5.41) is 0.872. The summed E-state index contributed by atoms with van der Waals surface area (Å²) in [6.07, 6.45) is 3.34. The molecule has 0 radical (unpaired) electrons. The highest BCUT2D eigenvalue weighted by Gasteiger charge is 2.22. The largest absolute Gasteiger partial charge is 0.460 e. The lowest BCUT2D eigenvalue weighted by Crippen LogP contribution is -2.35. The van der Waals surface area contributed by atoms with Crippen LogP contribution in [0.4, 0.5) is 0 Å². The zero-order valence-corrected chi connectivity index (χ0v) is 15.7. The molecule has 1 fully saturated rings. The Morgan fingerprint density at radius 3 is 2.64 bits per heavy atom. The molecule has 0 bridgehead atoms. The van der Waals surface area contributed by atoms with Crippen LogP contribution in [0.5, 0.6) is 0 Å². The van der Waals surface area contributed by atoms with Crippen LogP contribution in [0.15, 0.2) is 45.3 Å². The highest BCUT2D eigenvalue weighted by Crippen LogP contribution is 2.29. The normalized spacial score (nSPS) is 14.9. The number of aromatic nitrogens is 1. The van der Waals surface area contributed by atoms with Crippen LogP contribution in [0.3, 0.4) is 0 Å². The number of carbonyl (C=O) groups excluding carboxylic acids is 1. The number of carbonyl (C=O) groups is 1. The molecule has 0 atom stereocenters. The first-order valence-electron chi connectivity index (χ1n) is 8.58. The first-order chi connectivity index (χ1) is 12.1. The average Bonchev–Trinajstić information content (AvgIpc) is 3.07. The summed E-state index contributed by atoms with van der Waals surface area (Å²) in [6, 6.07) is 11.5. The van der Waals surface area contributed by atoms with Gasteiger partial charge in [-0.3, -0.25) is 4.79 Å². The second-order valence-corrected chi connectivity index (χ2v) is 7.40. The van der Waals surface area contributed by atoms with Crippen LogP contribution in [-0.4, -0.2) is 28.9 Å². The molecule has 0 aliphatic carbocycles. The molecular weight excluding hydrogens is 380 g/mol. The van der Waals surface area contributed by atoms with Gasteiger partial charge in [0.2, 0.25) is 0 Å². The number of aryl methyl sites for hydroxylation is 1. The zero-order chi connectivity index (χ0) is 17.4. The molecule has 0 N–H and O–H groups in total. The number of fused-ring (bicyclic) bond motifs is 1. The van der Waals surface area contributed by atoms with Crippen molar-refractivity contribution in [3.63, 3.8) is 0 Å². The molecule has 4 nitrogen and oxygen atoms in total. The average molecular weight is 399 g/mol. The van der Waals surface area contributed by atoms with Crippen molar-refractivity contribution in [3.8, 4) is 11.5 Å². The van der Waals surface area contributed by atoms with E-state index in [4.69, 9.17) is 9.40 Å². The van der Waals surface area contributed by atoms with E-state index >= 15 is 0 Å². The van der Waals surface area contributed by atoms with Gasteiger partial charge in [0.05, 0.1) is 11.1 Å². The molecule has 0 saturated carbocycles. The monoisotopic (exact) mass is 398 g/mol. The van der Waals surface area contributed by atoms with Crippen molar-refractivity contribution in [2.45, 2.75) is 26.2 Å². The molecule has 1 amide bonds. The van der Waals surface area contributed by atoms with E-state index in [-0.39, 0.29) is 5.91 Å². The van der Waals surface area contributed by atoms with Gasteiger partial charge in [-0.1, -0.05) is 15.9 Å². The van der Waals surface area contributed by atoms with Crippen LogP contribution < -0.4 is 0 Å². The molecular formula is C20H19BrN2O2. The summed E-state index contributed by atoms with van der Waals surface area (Å²) in [5.74, 6) is 1.60. The number of halogens is 1. The van der Waals surface area contributed by atoms with E-state index in [1.807, 2.05) is 48.2 Å². The Hall–Kier alpha value is -2.14. The molecule has 1 aliphatic rings. The molecule has 2 aromatic heterocycles. The Bertz CT molecular complexity index is 942. The third kappa shape index (κ3) is 3.21. The standard InChI is InChI=1S/C20H19BrN2O2/c1-13-5-8-19(25-13)18-12-16(20(24)23-9-3-2-4-10-23)15-11-14(21)6-7-17(15)22-18/h5-8,11-12H,2-4,9-10H2,1H3. The number of furan rings is 1. The van der Waals surface area contributed by atoms with Gasteiger partial charge in [-0.25, -0.2) is 4.98 Å². The first kappa shape index (κ1) is 16.3. The molecule has 1 aliphatic heterocycles. The zero-order valence-electron chi connectivity index (χ0n) is 14.1. The number of nitrogens with zero attached hydrogens (tertiary/aromatic N) is 2. The summed E-state index contributed by atoms with van der Waals surface area (Å²) >= 11 is 3.51. The highest BCUT2D eigenvalue weighted by molar-refractivity contribution is 9.10. The molecule has 0 spiro atoms. The van der Waals surface area contributed by atoms with E-state index in [9.17, 15) is 4.79 Å². The fourth-order valence-corrected chi connectivity index (χ4v) is 3.70. The van der Waals surface area contributed by atoms with E-state index in [1.165, 1.54) is 6.42 Å². The second-order valence-electron chi connectivity index (χ2n) is 6.48. The quantitative estimate of drug-likeness (QED) is 0.596. The summed E-state index contributed by atoms with van der Waals surface area (Å²) in [7, 11) is 0. The molecule has 0 unspecified atom stereocenters. The van der Waals surface area contributed by atoms with Crippen molar-refractivity contribution < 1.29 is 9.21 Å². The van der Waals surface area contributed by atoms with Crippen LogP contribution in [-0.2, 0) is 0 Å². The summed E-state index contributed by atoms with van der Waals surface area (Å²) in [4.78, 5) is 19.8. The Morgan fingerprint density at radius 1 is 1.12 bits per heavy atom. The number of likely N-dealkylation sites (tertiary alicyclic amines) is 1. The van der Waals surface area contributed by atoms with Gasteiger partial charge in [-0.2, -0.15) is 0 Å². The minimum atomic E-state index is 0.0785. The summed E-state index contributed by atoms with van der Waals surface area (Å²) in [6.45, 7) is 3.55. The molecule has 3 aromatic rings. The van der Waals surface area contributed by atoms with Crippen LogP contribution in [0.1, 0.15) is 35.4 Å². The predicted octanol–water partition coefficient (Wildman–Crippen LogP) is 5.19. The fraction of sp³-hybridized carbons (Fsp3) is 0.300. The van der Waals surface area contributed by atoms with Gasteiger partial charge >= 0.3 is 0 Å². The number of hydrogen-bond acceptors (Lipinski definition) is 3. The van der Waals surface area contributed by atoms with Gasteiger partial charge in [0.25, 0.3) is 5.91 Å². The number of piperidine rings is 1. The van der Waals surface area contributed by atoms with Gasteiger partial charge in [0.15, 0.2) is 5.76 Å². The van der Waals surface area contributed by atoms with Crippen molar-refractivity contribution >= 4 is 32.7 Å². The lowest BCUT2D eigenvalue weighted by atomic mass is 10.0.